The second-order valence-corrected chi connectivity index (χ2v) is 4.42. The van der Waals surface area contributed by atoms with Crippen LogP contribution >= 0.6 is 0 Å². The van der Waals surface area contributed by atoms with Crippen LogP contribution in [0.3, 0.4) is 0 Å². The quantitative estimate of drug-likeness (QED) is 0.704. The Balaban J connectivity index is 2.30. The molecule has 0 bridgehead atoms. The average molecular weight is 198 g/mol. The summed E-state index contributed by atoms with van der Waals surface area (Å²) in [5.41, 5.74) is 1.23. The van der Waals surface area contributed by atoms with Crippen LogP contribution in [-0.4, -0.2) is 23.4 Å². The molecule has 2 heteroatoms. The van der Waals surface area contributed by atoms with Gasteiger partial charge in [0.05, 0.1) is 18.3 Å². The van der Waals surface area contributed by atoms with Crippen LogP contribution in [0.15, 0.2) is 12.2 Å². The van der Waals surface area contributed by atoms with E-state index < -0.39 is 0 Å². The normalized spacial score (nSPS) is 27.4. The largest absolute Gasteiger partial charge is 0.393 e. The molecule has 0 aromatic carbocycles. The van der Waals surface area contributed by atoms with Crippen molar-refractivity contribution in [2.45, 2.75) is 64.3 Å². The van der Waals surface area contributed by atoms with E-state index in [1.807, 2.05) is 6.92 Å². The van der Waals surface area contributed by atoms with E-state index in [0.29, 0.717) is 6.42 Å². The van der Waals surface area contributed by atoms with Gasteiger partial charge in [-0.1, -0.05) is 13.0 Å². The van der Waals surface area contributed by atoms with E-state index in [4.69, 9.17) is 4.74 Å². The number of rotatable bonds is 4. The first-order valence-electron chi connectivity index (χ1n) is 5.60. The predicted octanol–water partition coefficient (Wildman–Crippen LogP) is 2.66. The van der Waals surface area contributed by atoms with Crippen LogP contribution in [-0.2, 0) is 4.74 Å². The van der Waals surface area contributed by atoms with Crippen molar-refractivity contribution in [2.75, 3.05) is 0 Å². The van der Waals surface area contributed by atoms with E-state index >= 15 is 0 Å². The van der Waals surface area contributed by atoms with Crippen LogP contribution in [0, 0.1) is 0 Å². The third-order valence-electron chi connectivity index (χ3n) is 2.74. The maximum Gasteiger partial charge on any atom is 0.0786 e. The minimum Gasteiger partial charge on any atom is -0.393 e. The van der Waals surface area contributed by atoms with E-state index in [-0.39, 0.29) is 18.3 Å². The Hall–Kier alpha value is -0.340. The summed E-state index contributed by atoms with van der Waals surface area (Å²) < 4.78 is 5.85. The van der Waals surface area contributed by atoms with Crippen LogP contribution in [0.1, 0.15) is 46.0 Å². The summed E-state index contributed by atoms with van der Waals surface area (Å²) >= 11 is 0. The molecule has 1 rings (SSSR count). The molecule has 3 atom stereocenters. The lowest BCUT2D eigenvalue weighted by atomic mass is 9.93. The van der Waals surface area contributed by atoms with Gasteiger partial charge in [-0.2, -0.15) is 0 Å². The average Bonchev–Trinajstić information content (AvgIpc) is 2.07. The SMILES string of the molecule is C=C1CCCC[C@@H]1O[C@H](C)C[C@@H](C)O. The van der Waals surface area contributed by atoms with Gasteiger partial charge in [-0.05, 0) is 45.1 Å². The number of hydrogen-bond donors (Lipinski definition) is 1. The molecular weight excluding hydrogens is 176 g/mol. The van der Waals surface area contributed by atoms with Gasteiger partial charge >= 0.3 is 0 Å². The molecule has 0 heterocycles. The summed E-state index contributed by atoms with van der Waals surface area (Å²) in [6.45, 7) is 7.86. The van der Waals surface area contributed by atoms with Crippen molar-refractivity contribution in [1.29, 1.82) is 0 Å². The van der Waals surface area contributed by atoms with Gasteiger partial charge in [0.15, 0.2) is 0 Å². The van der Waals surface area contributed by atoms with Crippen LogP contribution < -0.4 is 0 Å². The lowest BCUT2D eigenvalue weighted by Gasteiger charge is -2.28. The molecule has 82 valence electrons. The highest BCUT2D eigenvalue weighted by Gasteiger charge is 2.20. The summed E-state index contributed by atoms with van der Waals surface area (Å²) in [6.07, 6.45) is 5.50. The van der Waals surface area contributed by atoms with Crippen molar-refractivity contribution >= 4 is 0 Å². The summed E-state index contributed by atoms with van der Waals surface area (Å²) in [5.74, 6) is 0. The Morgan fingerprint density at radius 1 is 1.50 bits per heavy atom. The summed E-state index contributed by atoms with van der Waals surface area (Å²) in [6, 6.07) is 0. The molecule has 0 unspecified atom stereocenters. The fourth-order valence-electron chi connectivity index (χ4n) is 2.03. The Labute approximate surface area is 87.0 Å². The molecule has 1 aliphatic rings. The van der Waals surface area contributed by atoms with Gasteiger partial charge in [0.1, 0.15) is 0 Å². The molecule has 0 aliphatic heterocycles. The Bertz CT molecular complexity index is 187. The first kappa shape index (κ1) is 11.7. The molecule has 1 N–H and O–H groups in total. The molecule has 1 saturated carbocycles. The van der Waals surface area contributed by atoms with Crippen LogP contribution in [0.4, 0.5) is 0 Å². The van der Waals surface area contributed by atoms with Gasteiger partial charge in [-0.15, -0.1) is 0 Å². The van der Waals surface area contributed by atoms with E-state index in [2.05, 4.69) is 6.58 Å². The van der Waals surface area contributed by atoms with Crippen LogP contribution in [0.25, 0.3) is 0 Å². The summed E-state index contributed by atoms with van der Waals surface area (Å²) in [7, 11) is 0. The highest BCUT2D eigenvalue weighted by Crippen LogP contribution is 2.26. The Kier molecular flexibility index (Phi) is 4.63. The van der Waals surface area contributed by atoms with Crippen LogP contribution in [0.2, 0.25) is 0 Å². The molecule has 14 heavy (non-hydrogen) atoms. The lowest BCUT2D eigenvalue weighted by molar-refractivity contribution is -0.0168. The van der Waals surface area contributed by atoms with Crippen molar-refractivity contribution in [3.63, 3.8) is 0 Å². The molecule has 0 spiro atoms. The number of ether oxygens (including phenoxy) is 1. The fraction of sp³-hybridized carbons (Fsp3) is 0.833. The van der Waals surface area contributed by atoms with Crippen molar-refractivity contribution in [1.82, 2.24) is 0 Å². The summed E-state index contributed by atoms with van der Waals surface area (Å²) in [5, 5.41) is 9.22. The Morgan fingerprint density at radius 2 is 2.21 bits per heavy atom. The van der Waals surface area contributed by atoms with E-state index in [0.717, 1.165) is 12.8 Å². The third kappa shape index (κ3) is 3.81. The zero-order valence-electron chi connectivity index (χ0n) is 9.33. The predicted molar refractivity (Wildman–Crippen MR) is 58.2 cm³/mol. The van der Waals surface area contributed by atoms with Gasteiger partial charge in [0.25, 0.3) is 0 Å². The molecule has 0 saturated heterocycles. The zero-order chi connectivity index (χ0) is 10.6. The molecule has 2 nitrogen and oxygen atoms in total. The number of aliphatic hydroxyl groups excluding tert-OH is 1. The second kappa shape index (κ2) is 5.52. The topological polar surface area (TPSA) is 29.5 Å². The van der Waals surface area contributed by atoms with Crippen molar-refractivity contribution in [3.8, 4) is 0 Å². The number of aliphatic hydroxyl groups is 1. The second-order valence-electron chi connectivity index (χ2n) is 4.42. The van der Waals surface area contributed by atoms with Crippen molar-refractivity contribution < 1.29 is 9.84 Å². The first-order valence-corrected chi connectivity index (χ1v) is 5.60. The highest BCUT2D eigenvalue weighted by molar-refractivity contribution is 5.05. The van der Waals surface area contributed by atoms with Gasteiger partial charge in [0, 0.05) is 0 Å². The lowest BCUT2D eigenvalue weighted by Crippen LogP contribution is -2.26. The minimum atomic E-state index is -0.276. The fourth-order valence-corrected chi connectivity index (χ4v) is 2.03. The maximum absolute atomic E-state index is 9.22. The van der Waals surface area contributed by atoms with Crippen LogP contribution in [0.5, 0.6) is 0 Å². The van der Waals surface area contributed by atoms with Crippen molar-refractivity contribution in [3.05, 3.63) is 12.2 Å². The smallest absolute Gasteiger partial charge is 0.0786 e. The van der Waals surface area contributed by atoms with Gasteiger partial charge in [0.2, 0.25) is 0 Å². The third-order valence-corrected chi connectivity index (χ3v) is 2.74. The monoisotopic (exact) mass is 198 g/mol. The zero-order valence-corrected chi connectivity index (χ0v) is 9.33. The molecule has 1 fully saturated rings. The van der Waals surface area contributed by atoms with E-state index in [1.165, 1.54) is 18.4 Å². The molecule has 0 amide bonds. The first-order chi connectivity index (χ1) is 6.59. The molecule has 0 aromatic rings. The highest BCUT2D eigenvalue weighted by atomic mass is 16.5. The summed E-state index contributed by atoms with van der Waals surface area (Å²) in [4.78, 5) is 0. The maximum atomic E-state index is 9.22. The van der Waals surface area contributed by atoms with E-state index in [9.17, 15) is 5.11 Å². The minimum absolute atomic E-state index is 0.134. The van der Waals surface area contributed by atoms with Crippen molar-refractivity contribution in [2.24, 2.45) is 0 Å². The number of hydrogen-bond acceptors (Lipinski definition) is 2. The molecule has 1 aliphatic carbocycles. The molecule has 0 aromatic heterocycles. The Morgan fingerprint density at radius 3 is 2.79 bits per heavy atom. The standard InChI is InChI=1S/C12H22O2/c1-9-6-4-5-7-12(9)14-11(3)8-10(2)13/h10-13H,1,4-8H2,2-3H3/t10-,11-,12+/m1/s1. The van der Waals surface area contributed by atoms with E-state index in [1.54, 1.807) is 6.92 Å². The van der Waals surface area contributed by atoms with Gasteiger partial charge < -0.3 is 9.84 Å². The molecular formula is C12H22O2. The molecule has 0 radical (unpaired) electrons. The van der Waals surface area contributed by atoms with Gasteiger partial charge in [-0.25, -0.2) is 0 Å². The van der Waals surface area contributed by atoms with Gasteiger partial charge in [-0.3, -0.25) is 0 Å².